The van der Waals surface area contributed by atoms with Crippen molar-refractivity contribution in [1.82, 2.24) is 4.98 Å². The Balaban J connectivity index is 1.99. The summed E-state index contributed by atoms with van der Waals surface area (Å²) in [6.45, 7) is 4.45. The molecule has 0 fully saturated rings. The highest BCUT2D eigenvalue weighted by molar-refractivity contribution is 7.09. The summed E-state index contributed by atoms with van der Waals surface area (Å²) in [4.78, 5) is 4.44. The fraction of sp³-hybridized carbons (Fsp3) is 0.235. The fourth-order valence-electron chi connectivity index (χ4n) is 2.38. The summed E-state index contributed by atoms with van der Waals surface area (Å²) in [6, 6.07) is 12.3. The summed E-state index contributed by atoms with van der Waals surface area (Å²) in [5.74, 6) is 0.871. The lowest BCUT2D eigenvalue weighted by Crippen LogP contribution is -2.08. The number of rotatable bonds is 4. The molecule has 0 aliphatic carbocycles. The quantitative estimate of drug-likeness (QED) is 0.785. The first-order valence-electron chi connectivity index (χ1n) is 6.96. The molecule has 4 heteroatoms. The fourth-order valence-corrected chi connectivity index (χ4v) is 3.07. The van der Waals surface area contributed by atoms with Crippen LogP contribution in [0.5, 0.6) is 5.75 Å². The molecule has 1 aromatic heterocycles. The first-order valence-corrected chi connectivity index (χ1v) is 7.84. The molecule has 0 spiro atoms. The molecule has 1 unspecified atom stereocenters. The van der Waals surface area contributed by atoms with Crippen LogP contribution in [0.25, 0.3) is 10.8 Å². The minimum Gasteiger partial charge on any atom is -0.485 e. The van der Waals surface area contributed by atoms with Gasteiger partial charge in [0.1, 0.15) is 17.4 Å². The Hall–Kier alpha value is -1.91. The van der Waals surface area contributed by atoms with E-state index < -0.39 is 0 Å². The predicted octanol–water partition coefficient (Wildman–Crippen LogP) is 4.20. The van der Waals surface area contributed by atoms with E-state index in [-0.39, 0.29) is 6.04 Å². The van der Waals surface area contributed by atoms with Crippen LogP contribution >= 0.6 is 11.3 Å². The number of benzene rings is 2. The Bertz CT molecular complexity index is 764. The van der Waals surface area contributed by atoms with Crippen LogP contribution < -0.4 is 10.5 Å². The number of aromatic nitrogens is 1. The monoisotopic (exact) mass is 298 g/mol. The van der Waals surface area contributed by atoms with Gasteiger partial charge in [0.15, 0.2) is 0 Å². The maximum Gasteiger partial charge on any atom is 0.140 e. The van der Waals surface area contributed by atoms with E-state index in [1.807, 2.05) is 31.4 Å². The lowest BCUT2D eigenvalue weighted by atomic mass is 10.0. The minimum absolute atomic E-state index is 0.0670. The highest BCUT2D eigenvalue weighted by Crippen LogP contribution is 2.33. The van der Waals surface area contributed by atoms with Gasteiger partial charge in [-0.15, -0.1) is 11.3 Å². The van der Waals surface area contributed by atoms with Crippen molar-refractivity contribution in [3.8, 4) is 5.75 Å². The van der Waals surface area contributed by atoms with Crippen molar-refractivity contribution in [2.24, 2.45) is 5.73 Å². The number of fused-ring (bicyclic) bond motifs is 1. The molecule has 0 saturated heterocycles. The van der Waals surface area contributed by atoms with E-state index in [2.05, 4.69) is 29.2 Å². The molecule has 0 aliphatic heterocycles. The minimum atomic E-state index is -0.0670. The van der Waals surface area contributed by atoms with Gasteiger partial charge in [-0.25, -0.2) is 4.98 Å². The van der Waals surface area contributed by atoms with Crippen LogP contribution in [-0.4, -0.2) is 4.98 Å². The second-order valence-corrected chi connectivity index (χ2v) is 6.11. The second-order valence-electron chi connectivity index (χ2n) is 5.17. The number of aryl methyl sites for hydroxylation is 1. The van der Waals surface area contributed by atoms with Gasteiger partial charge >= 0.3 is 0 Å². The number of hydrogen-bond acceptors (Lipinski definition) is 4. The molecule has 0 bridgehead atoms. The van der Waals surface area contributed by atoms with Gasteiger partial charge in [-0.3, -0.25) is 0 Å². The van der Waals surface area contributed by atoms with Crippen LogP contribution in [0.2, 0.25) is 0 Å². The zero-order valence-corrected chi connectivity index (χ0v) is 13.0. The zero-order valence-electron chi connectivity index (χ0n) is 12.2. The van der Waals surface area contributed by atoms with Gasteiger partial charge in [0.2, 0.25) is 0 Å². The predicted molar refractivity (Wildman–Crippen MR) is 87.7 cm³/mol. The number of nitrogens with two attached hydrogens (primary N) is 1. The van der Waals surface area contributed by atoms with Crippen molar-refractivity contribution in [3.63, 3.8) is 0 Å². The normalized spacial score (nSPS) is 12.5. The molecule has 21 heavy (non-hydrogen) atoms. The SMILES string of the molecule is Cc1csc(COc2c(C(C)N)ccc3ccccc23)n1. The van der Waals surface area contributed by atoms with E-state index in [4.69, 9.17) is 10.5 Å². The lowest BCUT2D eigenvalue weighted by Gasteiger charge is -2.16. The molecule has 2 N–H and O–H groups in total. The molecule has 1 heterocycles. The largest absolute Gasteiger partial charge is 0.485 e. The smallest absolute Gasteiger partial charge is 0.140 e. The van der Waals surface area contributed by atoms with Gasteiger partial charge in [-0.2, -0.15) is 0 Å². The maximum atomic E-state index is 6.09. The topological polar surface area (TPSA) is 48.1 Å². The molecule has 3 rings (SSSR count). The van der Waals surface area contributed by atoms with Crippen molar-refractivity contribution in [1.29, 1.82) is 0 Å². The Kier molecular flexibility index (Phi) is 3.90. The standard InChI is InChI=1S/C17H18N2OS/c1-11-10-21-16(19-11)9-20-17-14(12(2)18)8-7-13-5-3-4-6-15(13)17/h3-8,10,12H,9,18H2,1-2H3. The Morgan fingerprint density at radius 2 is 2.05 bits per heavy atom. The molecule has 2 aromatic carbocycles. The summed E-state index contributed by atoms with van der Waals surface area (Å²) in [6.07, 6.45) is 0. The molecule has 108 valence electrons. The van der Waals surface area contributed by atoms with Crippen LogP contribution in [-0.2, 0) is 6.61 Å². The van der Waals surface area contributed by atoms with E-state index in [0.717, 1.165) is 32.8 Å². The molecular weight excluding hydrogens is 280 g/mol. The van der Waals surface area contributed by atoms with Crippen LogP contribution in [0.15, 0.2) is 41.8 Å². The zero-order chi connectivity index (χ0) is 14.8. The first kappa shape index (κ1) is 14.0. The van der Waals surface area contributed by atoms with Crippen molar-refractivity contribution in [2.75, 3.05) is 0 Å². The molecule has 0 amide bonds. The van der Waals surface area contributed by atoms with Crippen LogP contribution in [0.4, 0.5) is 0 Å². The summed E-state index contributed by atoms with van der Waals surface area (Å²) >= 11 is 1.62. The highest BCUT2D eigenvalue weighted by atomic mass is 32.1. The lowest BCUT2D eigenvalue weighted by molar-refractivity contribution is 0.304. The Labute approximate surface area is 128 Å². The summed E-state index contributed by atoms with van der Waals surface area (Å²) in [5, 5.41) is 5.28. The molecule has 0 radical (unpaired) electrons. The molecular formula is C17H18N2OS. The van der Waals surface area contributed by atoms with E-state index in [0.29, 0.717) is 6.61 Å². The van der Waals surface area contributed by atoms with Gasteiger partial charge in [0, 0.05) is 28.1 Å². The molecule has 3 nitrogen and oxygen atoms in total. The average molecular weight is 298 g/mol. The molecule has 1 atom stereocenters. The van der Waals surface area contributed by atoms with Crippen LogP contribution in [0.1, 0.15) is 29.2 Å². The van der Waals surface area contributed by atoms with Gasteiger partial charge in [-0.1, -0.05) is 36.4 Å². The third kappa shape index (κ3) is 2.91. The van der Waals surface area contributed by atoms with Gasteiger partial charge < -0.3 is 10.5 Å². The summed E-state index contributed by atoms with van der Waals surface area (Å²) < 4.78 is 6.08. The molecule has 0 aliphatic rings. The van der Waals surface area contributed by atoms with E-state index in [1.54, 1.807) is 11.3 Å². The van der Waals surface area contributed by atoms with Crippen LogP contribution in [0.3, 0.4) is 0 Å². The maximum absolute atomic E-state index is 6.09. The first-order chi connectivity index (χ1) is 10.1. The van der Waals surface area contributed by atoms with E-state index in [1.165, 1.54) is 0 Å². The molecule has 0 saturated carbocycles. The van der Waals surface area contributed by atoms with Crippen molar-refractivity contribution in [3.05, 3.63) is 58.0 Å². The third-order valence-corrected chi connectivity index (χ3v) is 4.35. The van der Waals surface area contributed by atoms with Gasteiger partial charge in [0.25, 0.3) is 0 Å². The Morgan fingerprint density at radius 3 is 2.76 bits per heavy atom. The van der Waals surface area contributed by atoms with E-state index in [9.17, 15) is 0 Å². The second kappa shape index (κ2) is 5.84. The van der Waals surface area contributed by atoms with Gasteiger partial charge in [0.05, 0.1) is 0 Å². The number of thiazole rings is 1. The third-order valence-electron chi connectivity index (χ3n) is 3.41. The van der Waals surface area contributed by atoms with Crippen molar-refractivity contribution < 1.29 is 4.74 Å². The Morgan fingerprint density at radius 1 is 1.24 bits per heavy atom. The highest BCUT2D eigenvalue weighted by Gasteiger charge is 2.13. The number of ether oxygens (including phenoxy) is 1. The van der Waals surface area contributed by atoms with Crippen molar-refractivity contribution in [2.45, 2.75) is 26.5 Å². The van der Waals surface area contributed by atoms with E-state index >= 15 is 0 Å². The van der Waals surface area contributed by atoms with Crippen LogP contribution in [0, 0.1) is 6.92 Å². The van der Waals surface area contributed by atoms with Gasteiger partial charge in [-0.05, 0) is 19.2 Å². The number of nitrogens with zero attached hydrogens (tertiary/aromatic N) is 1. The summed E-state index contributed by atoms with van der Waals surface area (Å²) in [5.41, 5.74) is 8.15. The van der Waals surface area contributed by atoms with Crippen molar-refractivity contribution >= 4 is 22.1 Å². The average Bonchev–Trinajstić information content (AvgIpc) is 2.90. The molecule has 3 aromatic rings. The summed E-state index contributed by atoms with van der Waals surface area (Å²) in [7, 11) is 0. The number of hydrogen-bond donors (Lipinski definition) is 1.